The molecule has 0 unspecified atom stereocenters. The lowest BCUT2D eigenvalue weighted by atomic mass is 10.1. The van der Waals surface area contributed by atoms with E-state index in [4.69, 9.17) is 9.97 Å². The second kappa shape index (κ2) is 6.81. The first-order chi connectivity index (χ1) is 9.97. The molecule has 112 valence electrons. The van der Waals surface area contributed by atoms with Gasteiger partial charge in [-0.05, 0) is 31.9 Å². The standard InChI is InChI=1S/C18H25N3/c1-12(2)19-11-17-14(4)20-18(21-15(17)5)10-16-9-7-6-8-13(16)3/h6-9,12,19H,10-11H2,1-5H3. The smallest absolute Gasteiger partial charge is 0.133 e. The number of nitrogens with zero attached hydrogens (tertiary/aromatic N) is 2. The van der Waals surface area contributed by atoms with E-state index in [-0.39, 0.29) is 0 Å². The van der Waals surface area contributed by atoms with Gasteiger partial charge in [0.25, 0.3) is 0 Å². The van der Waals surface area contributed by atoms with Crippen LogP contribution in [0.15, 0.2) is 24.3 Å². The molecule has 1 heterocycles. The molecule has 21 heavy (non-hydrogen) atoms. The van der Waals surface area contributed by atoms with Gasteiger partial charge < -0.3 is 5.32 Å². The Labute approximate surface area is 127 Å². The SMILES string of the molecule is Cc1ccccc1Cc1nc(C)c(CNC(C)C)c(C)n1. The Morgan fingerprint density at radius 1 is 1.00 bits per heavy atom. The van der Waals surface area contributed by atoms with Crippen LogP contribution in [0.1, 0.15) is 47.8 Å². The van der Waals surface area contributed by atoms with Crippen LogP contribution in [0.4, 0.5) is 0 Å². The molecule has 0 spiro atoms. The molecule has 3 nitrogen and oxygen atoms in total. The molecular formula is C18H25N3. The van der Waals surface area contributed by atoms with Crippen LogP contribution in [0, 0.1) is 20.8 Å². The number of benzene rings is 1. The fourth-order valence-electron chi connectivity index (χ4n) is 2.43. The van der Waals surface area contributed by atoms with Gasteiger partial charge in [-0.3, -0.25) is 0 Å². The zero-order chi connectivity index (χ0) is 15.4. The Morgan fingerprint density at radius 2 is 1.62 bits per heavy atom. The minimum absolute atomic E-state index is 0.468. The van der Waals surface area contributed by atoms with Crippen molar-refractivity contribution in [3.8, 4) is 0 Å². The van der Waals surface area contributed by atoms with Crippen LogP contribution in [-0.4, -0.2) is 16.0 Å². The van der Waals surface area contributed by atoms with Gasteiger partial charge in [0.1, 0.15) is 5.82 Å². The van der Waals surface area contributed by atoms with Gasteiger partial charge in [-0.1, -0.05) is 38.1 Å². The lowest BCUT2D eigenvalue weighted by molar-refractivity contribution is 0.582. The normalized spacial score (nSPS) is 11.1. The molecule has 3 heteroatoms. The van der Waals surface area contributed by atoms with Crippen LogP contribution < -0.4 is 5.32 Å². The van der Waals surface area contributed by atoms with Crippen LogP contribution in [0.3, 0.4) is 0 Å². The van der Waals surface area contributed by atoms with Crippen LogP contribution in [0.2, 0.25) is 0 Å². The summed E-state index contributed by atoms with van der Waals surface area (Å²) in [5.41, 5.74) is 5.97. The molecule has 0 fully saturated rings. The predicted molar refractivity (Wildman–Crippen MR) is 87.5 cm³/mol. The Bertz CT molecular complexity index is 595. The van der Waals surface area contributed by atoms with Gasteiger partial charge in [0.15, 0.2) is 0 Å². The van der Waals surface area contributed by atoms with Crippen molar-refractivity contribution in [1.29, 1.82) is 0 Å². The fourth-order valence-corrected chi connectivity index (χ4v) is 2.43. The van der Waals surface area contributed by atoms with E-state index >= 15 is 0 Å². The minimum atomic E-state index is 0.468. The van der Waals surface area contributed by atoms with E-state index in [9.17, 15) is 0 Å². The Balaban J connectivity index is 2.21. The highest BCUT2D eigenvalue weighted by atomic mass is 14.9. The number of rotatable bonds is 5. The van der Waals surface area contributed by atoms with Crippen molar-refractivity contribution in [2.24, 2.45) is 0 Å². The van der Waals surface area contributed by atoms with Crippen molar-refractivity contribution in [2.75, 3.05) is 0 Å². The first-order valence-corrected chi connectivity index (χ1v) is 7.58. The second-order valence-electron chi connectivity index (χ2n) is 5.93. The summed E-state index contributed by atoms with van der Waals surface area (Å²) in [5, 5.41) is 3.44. The molecular weight excluding hydrogens is 258 g/mol. The molecule has 1 N–H and O–H groups in total. The van der Waals surface area contributed by atoms with Crippen LogP contribution >= 0.6 is 0 Å². The summed E-state index contributed by atoms with van der Waals surface area (Å²) in [4.78, 5) is 9.39. The van der Waals surface area contributed by atoms with Crippen molar-refractivity contribution in [1.82, 2.24) is 15.3 Å². The van der Waals surface area contributed by atoms with Crippen molar-refractivity contribution in [2.45, 2.75) is 53.6 Å². The molecule has 0 amide bonds. The molecule has 0 saturated carbocycles. The maximum absolute atomic E-state index is 4.70. The topological polar surface area (TPSA) is 37.8 Å². The molecule has 0 saturated heterocycles. The van der Waals surface area contributed by atoms with Crippen LogP contribution in [0.5, 0.6) is 0 Å². The van der Waals surface area contributed by atoms with Crippen LogP contribution in [0.25, 0.3) is 0 Å². The highest BCUT2D eigenvalue weighted by molar-refractivity contribution is 5.30. The van der Waals surface area contributed by atoms with E-state index in [2.05, 4.69) is 64.2 Å². The van der Waals surface area contributed by atoms with Gasteiger partial charge in [-0.25, -0.2) is 9.97 Å². The summed E-state index contributed by atoms with van der Waals surface area (Å²) in [7, 11) is 0. The third kappa shape index (κ3) is 4.11. The zero-order valence-electron chi connectivity index (χ0n) is 13.7. The maximum atomic E-state index is 4.70. The molecule has 0 aliphatic heterocycles. The number of hydrogen-bond donors (Lipinski definition) is 1. The predicted octanol–water partition coefficient (Wildman–Crippen LogP) is 3.49. The first-order valence-electron chi connectivity index (χ1n) is 7.58. The minimum Gasteiger partial charge on any atom is -0.310 e. The van der Waals surface area contributed by atoms with Gasteiger partial charge in [-0.2, -0.15) is 0 Å². The summed E-state index contributed by atoms with van der Waals surface area (Å²) >= 11 is 0. The van der Waals surface area contributed by atoms with Crippen molar-refractivity contribution in [3.63, 3.8) is 0 Å². The highest BCUT2D eigenvalue weighted by Gasteiger charge is 2.10. The van der Waals surface area contributed by atoms with E-state index < -0.39 is 0 Å². The van der Waals surface area contributed by atoms with Gasteiger partial charge in [0.2, 0.25) is 0 Å². The number of aromatic nitrogens is 2. The van der Waals surface area contributed by atoms with E-state index in [1.54, 1.807) is 0 Å². The van der Waals surface area contributed by atoms with Crippen molar-refractivity contribution < 1.29 is 0 Å². The third-order valence-corrected chi connectivity index (χ3v) is 3.76. The van der Waals surface area contributed by atoms with Gasteiger partial charge >= 0.3 is 0 Å². The van der Waals surface area contributed by atoms with E-state index in [1.807, 2.05) is 0 Å². The Morgan fingerprint density at radius 3 is 2.19 bits per heavy atom. The quantitative estimate of drug-likeness (QED) is 0.912. The molecule has 1 aromatic heterocycles. The van der Waals surface area contributed by atoms with Gasteiger partial charge in [-0.15, -0.1) is 0 Å². The van der Waals surface area contributed by atoms with Crippen molar-refractivity contribution >= 4 is 0 Å². The highest BCUT2D eigenvalue weighted by Crippen LogP contribution is 2.15. The molecule has 0 aliphatic rings. The molecule has 2 rings (SSSR count). The van der Waals surface area contributed by atoms with Crippen molar-refractivity contribution in [3.05, 3.63) is 58.2 Å². The Kier molecular flexibility index (Phi) is 5.07. The monoisotopic (exact) mass is 283 g/mol. The molecule has 0 bridgehead atoms. The fraction of sp³-hybridized carbons (Fsp3) is 0.444. The summed E-state index contributed by atoms with van der Waals surface area (Å²) in [5.74, 6) is 0.910. The molecule has 1 aromatic carbocycles. The van der Waals surface area contributed by atoms with Gasteiger partial charge in [0.05, 0.1) is 0 Å². The zero-order valence-corrected chi connectivity index (χ0v) is 13.7. The average Bonchev–Trinajstić information content (AvgIpc) is 2.40. The summed E-state index contributed by atoms with van der Waals surface area (Å²) in [6, 6.07) is 8.89. The summed E-state index contributed by atoms with van der Waals surface area (Å²) in [6.07, 6.45) is 0.798. The van der Waals surface area contributed by atoms with Gasteiger partial charge in [0, 0.05) is 36.0 Å². The number of aryl methyl sites for hydroxylation is 3. The second-order valence-corrected chi connectivity index (χ2v) is 5.93. The van der Waals surface area contributed by atoms with E-state index in [0.29, 0.717) is 6.04 Å². The maximum Gasteiger partial charge on any atom is 0.133 e. The lowest BCUT2D eigenvalue weighted by Gasteiger charge is -2.14. The van der Waals surface area contributed by atoms with E-state index in [1.165, 1.54) is 16.7 Å². The molecule has 0 radical (unpaired) electrons. The average molecular weight is 283 g/mol. The number of hydrogen-bond acceptors (Lipinski definition) is 3. The first kappa shape index (κ1) is 15.6. The number of nitrogens with one attached hydrogen (secondary N) is 1. The third-order valence-electron chi connectivity index (χ3n) is 3.76. The van der Waals surface area contributed by atoms with E-state index in [0.717, 1.165) is 30.2 Å². The largest absolute Gasteiger partial charge is 0.310 e. The van der Waals surface area contributed by atoms with Crippen LogP contribution in [-0.2, 0) is 13.0 Å². The summed E-state index contributed by atoms with van der Waals surface area (Å²) in [6.45, 7) is 11.4. The molecule has 0 atom stereocenters. The Hall–Kier alpha value is -1.74. The lowest BCUT2D eigenvalue weighted by Crippen LogP contribution is -2.23. The summed E-state index contributed by atoms with van der Waals surface area (Å²) < 4.78 is 0. The molecule has 2 aromatic rings. The molecule has 0 aliphatic carbocycles.